The molecule has 1 unspecified atom stereocenters. The van der Waals surface area contributed by atoms with Crippen LogP contribution < -0.4 is 4.74 Å². The first kappa shape index (κ1) is 10.2. The Hall–Kier alpha value is -2.37. The number of aromatic carboxylic acids is 1. The van der Waals surface area contributed by atoms with Gasteiger partial charge in [-0.2, -0.15) is 0 Å². The minimum atomic E-state index is -1.17. The van der Waals surface area contributed by atoms with Crippen molar-refractivity contribution in [2.45, 2.75) is 6.10 Å². The highest BCUT2D eigenvalue weighted by atomic mass is 16.5. The molecule has 0 fully saturated rings. The SMILES string of the molecule is O=C(O)c1ccc2c(c1)OC(C(=O)O)C=N2. The van der Waals surface area contributed by atoms with Crippen molar-refractivity contribution in [3.63, 3.8) is 0 Å². The molecule has 6 nitrogen and oxygen atoms in total. The smallest absolute Gasteiger partial charge is 0.350 e. The Kier molecular flexibility index (Phi) is 2.32. The van der Waals surface area contributed by atoms with E-state index in [0.29, 0.717) is 5.69 Å². The normalized spacial score (nSPS) is 17.4. The molecule has 16 heavy (non-hydrogen) atoms. The summed E-state index contributed by atoms with van der Waals surface area (Å²) in [6.45, 7) is 0. The quantitative estimate of drug-likeness (QED) is 0.774. The van der Waals surface area contributed by atoms with E-state index in [1.807, 2.05) is 0 Å². The Labute approximate surface area is 89.8 Å². The van der Waals surface area contributed by atoms with Crippen LogP contribution in [0.15, 0.2) is 23.2 Å². The first-order valence-electron chi connectivity index (χ1n) is 4.39. The number of rotatable bonds is 2. The number of hydrogen-bond acceptors (Lipinski definition) is 4. The van der Waals surface area contributed by atoms with Crippen LogP contribution in [0.2, 0.25) is 0 Å². The third kappa shape index (κ3) is 1.72. The van der Waals surface area contributed by atoms with Crippen LogP contribution in [-0.4, -0.2) is 34.5 Å². The van der Waals surface area contributed by atoms with E-state index in [2.05, 4.69) is 4.99 Å². The fourth-order valence-corrected chi connectivity index (χ4v) is 1.28. The molecule has 0 spiro atoms. The van der Waals surface area contributed by atoms with Gasteiger partial charge in [0.15, 0.2) is 0 Å². The molecule has 0 saturated carbocycles. The van der Waals surface area contributed by atoms with Crippen molar-refractivity contribution in [1.82, 2.24) is 0 Å². The lowest BCUT2D eigenvalue weighted by Gasteiger charge is -2.17. The van der Waals surface area contributed by atoms with Gasteiger partial charge in [0.1, 0.15) is 11.4 Å². The van der Waals surface area contributed by atoms with Gasteiger partial charge in [0.25, 0.3) is 0 Å². The number of benzene rings is 1. The summed E-state index contributed by atoms with van der Waals surface area (Å²) >= 11 is 0. The minimum Gasteiger partial charge on any atom is -0.478 e. The number of carbonyl (C=O) groups is 2. The van der Waals surface area contributed by atoms with Gasteiger partial charge in [-0.15, -0.1) is 0 Å². The van der Waals surface area contributed by atoms with Crippen LogP contribution in [0.3, 0.4) is 0 Å². The number of nitrogens with zero attached hydrogens (tertiary/aromatic N) is 1. The predicted molar refractivity (Wildman–Crippen MR) is 53.6 cm³/mol. The Morgan fingerprint density at radius 1 is 1.31 bits per heavy atom. The molecule has 6 heteroatoms. The summed E-state index contributed by atoms with van der Waals surface area (Å²) in [5, 5.41) is 17.5. The Morgan fingerprint density at radius 3 is 2.69 bits per heavy atom. The maximum absolute atomic E-state index is 10.7. The molecule has 1 aromatic carbocycles. The summed E-state index contributed by atoms with van der Waals surface area (Å²) in [5.41, 5.74) is 0.447. The highest BCUT2D eigenvalue weighted by Crippen LogP contribution is 2.31. The maximum Gasteiger partial charge on any atom is 0.350 e. The van der Waals surface area contributed by atoms with Gasteiger partial charge < -0.3 is 14.9 Å². The molecule has 0 aromatic heterocycles. The predicted octanol–water partition coefficient (Wildman–Crippen LogP) is 0.933. The van der Waals surface area contributed by atoms with Gasteiger partial charge in [-0.05, 0) is 18.2 Å². The second-order valence-corrected chi connectivity index (χ2v) is 3.14. The molecule has 0 aliphatic carbocycles. The summed E-state index contributed by atoms with van der Waals surface area (Å²) in [5.74, 6) is -2.11. The van der Waals surface area contributed by atoms with Crippen molar-refractivity contribution in [2.24, 2.45) is 4.99 Å². The molecule has 0 amide bonds. The van der Waals surface area contributed by atoms with Crippen molar-refractivity contribution >= 4 is 23.8 Å². The summed E-state index contributed by atoms with van der Waals surface area (Å²) in [6, 6.07) is 4.10. The molecule has 1 aliphatic rings. The molecule has 1 aromatic rings. The molecular weight excluding hydrogens is 214 g/mol. The minimum absolute atomic E-state index is 0.0278. The van der Waals surface area contributed by atoms with E-state index >= 15 is 0 Å². The van der Waals surface area contributed by atoms with Gasteiger partial charge in [-0.3, -0.25) is 4.99 Å². The number of fused-ring (bicyclic) bond motifs is 1. The van der Waals surface area contributed by atoms with Gasteiger partial charge in [0.2, 0.25) is 6.10 Å². The molecule has 0 radical (unpaired) electrons. The largest absolute Gasteiger partial charge is 0.478 e. The number of aliphatic carboxylic acids is 1. The Bertz CT molecular complexity index is 494. The van der Waals surface area contributed by atoms with Crippen molar-refractivity contribution < 1.29 is 24.5 Å². The lowest BCUT2D eigenvalue weighted by atomic mass is 10.1. The molecular formula is C10H7NO5. The molecule has 1 aliphatic heterocycles. The first-order valence-corrected chi connectivity index (χ1v) is 4.39. The number of hydrogen-bond donors (Lipinski definition) is 2. The second-order valence-electron chi connectivity index (χ2n) is 3.14. The van der Waals surface area contributed by atoms with Crippen molar-refractivity contribution in [1.29, 1.82) is 0 Å². The average Bonchev–Trinajstić information content (AvgIpc) is 2.27. The summed E-state index contributed by atoms with van der Waals surface area (Å²) in [4.78, 5) is 25.2. The molecule has 0 bridgehead atoms. The average molecular weight is 221 g/mol. The van der Waals surface area contributed by atoms with E-state index in [-0.39, 0.29) is 11.3 Å². The molecule has 1 atom stereocenters. The molecule has 2 N–H and O–H groups in total. The van der Waals surface area contributed by atoms with Gasteiger partial charge in [0, 0.05) is 0 Å². The lowest BCUT2D eigenvalue weighted by molar-refractivity contribution is -0.141. The van der Waals surface area contributed by atoms with E-state index in [1.165, 1.54) is 18.2 Å². The topological polar surface area (TPSA) is 96.2 Å². The van der Waals surface area contributed by atoms with Gasteiger partial charge in [-0.1, -0.05) is 0 Å². The summed E-state index contributed by atoms with van der Waals surface area (Å²) in [6.07, 6.45) is -0.0120. The van der Waals surface area contributed by atoms with E-state index in [4.69, 9.17) is 14.9 Å². The van der Waals surface area contributed by atoms with Gasteiger partial charge in [-0.25, -0.2) is 9.59 Å². The highest BCUT2D eigenvalue weighted by molar-refractivity contribution is 5.95. The third-order valence-corrected chi connectivity index (χ3v) is 2.05. The molecule has 1 heterocycles. The Morgan fingerprint density at radius 2 is 2.06 bits per heavy atom. The third-order valence-electron chi connectivity index (χ3n) is 2.05. The van der Waals surface area contributed by atoms with Crippen LogP contribution in [0, 0.1) is 0 Å². The van der Waals surface area contributed by atoms with E-state index in [0.717, 1.165) is 6.21 Å². The second kappa shape index (κ2) is 3.65. The number of carboxylic acids is 2. The van der Waals surface area contributed by atoms with Crippen LogP contribution in [0.4, 0.5) is 5.69 Å². The van der Waals surface area contributed by atoms with Crippen molar-refractivity contribution in [3.05, 3.63) is 23.8 Å². The van der Waals surface area contributed by atoms with E-state index < -0.39 is 18.0 Å². The fourth-order valence-electron chi connectivity index (χ4n) is 1.28. The zero-order valence-electron chi connectivity index (χ0n) is 7.95. The van der Waals surface area contributed by atoms with E-state index in [9.17, 15) is 9.59 Å². The summed E-state index contributed by atoms with van der Waals surface area (Å²) < 4.78 is 5.07. The fraction of sp³-hybridized carbons (Fsp3) is 0.100. The van der Waals surface area contributed by atoms with Crippen molar-refractivity contribution in [2.75, 3.05) is 0 Å². The van der Waals surface area contributed by atoms with Crippen LogP contribution >= 0.6 is 0 Å². The lowest BCUT2D eigenvalue weighted by Crippen LogP contribution is -2.30. The number of carboxylic acid groups (broad SMARTS) is 2. The zero-order chi connectivity index (χ0) is 11.7. The molecule has 82 valence electrons. The highest BCUT2D eigenvalue weighted by Gasteiger charge is 2.23. The zero-order valence-corrected chi connectivity index (χ0v) is 7.95. The van der Waals surface area contributed by atoms with Crippen LogP contribution in [0.25, 0.3) is 0 Å². The van der Waals surface area contributed by atoms with Crippen LogP contribution in [0.5, 0.6) is 5.75 Å². The maximum atomic E-state index is 10.7. The van der Waals surface area contributed by atoms with Crippen LogP contribution in [-0.2, 0) is 4.79 Å². The Balaban J connectivity index is 2.38. The van der Waals surface area contributed by atoms with Gasteiger partial charge >= 0.3 is 11.9 Å². The monoisotopic (exact) mass is 221 g/mol. The number of aliphatic imine (C=N–C) groups is 1. The standard InChI is InChI=1S/C10H7NO5/c12-9(13)5-1-2-6-7(3-5)16-8(4-11-6)10(14)15/h1-4,8H,(H,12,13)(H,14,15). The van der Waals surface area contributed by atoms with Crippen LogP contribution in [0.1, 0.15) is 10.4 Å². The number of ether oxygens (including phenoxy) is 1. The molecule has 2 rings (SSSR count). The molecule has 0 saturated heterocycles. The van der Waals surface area contributed by atoms with E-state index in [1.54, 1.807) is 0 Å². The first-order chi connectivity index (χ1) is 7.58. The van der Waals surface area contributed by atoms with Gasteiger partial charge in [0.05, 0.1) is 11.8 Å². The van der Waals surface area contributed by atoms with Crippen molar-refractivity contribution in [3.8, 4) is 5.75 Å². The summed E-state index contributed by atoms with van der Waals surface area (Å²) in [7, 11) is 0.